The highest BCUT2D eigenvalue weighted by Gasteiger charge is 2.36. The van der Waals surface area contributed by atoms with E-state index in [9.17, 15) is 4.79 Å². The van der Waals surface area contributed by atoms with Crippen LogP contribution in [0.3, 0.4) is 0 Å². The van der Waals surface area contributed by atoms with E-state index in [1.54, 1.807) is 10.7 Å². The summed E-state index contributed by atoms with van der Waals surface area (Å²) in [6, 6.07) is 2.25. The summed E-state index contributed by atoms with van der Waals surface area (Å²) in [7, 11) is 0. The van der Waals surface area contributed by atoms with Gasteiger partial charge in [0.15, 0.2) is 0 Å². The molecular weight excluding hydrogens is 290 g/mol. The summed E-state index contributed by atoms with van der Waals surface area (Å²) >= 11 is 0. The lowest BCUT2D eigenvalue weighted by Gasteiger charge is -2.33. The van der Waals surface area contributed by atoms with Crippen molar-refractivity contribution in [1.82, 2.24) is 24.5 Å². The Bertz CT molecular complexity index is 719. The molecule has 4 rings (SSSR count). The van der Waals surface area contributed by atoms with E-state index in [0.29, 0.717) is 17.7 Å². The van der Waals surface area contributed by atoms with Gasteiger partial charge < -0.3 is 4.90 Å². The number of fused-ring (bicyclic) bond motifs is 1. The minimum absolute atomic E-state index is 0.0250. The smallest absolute Gasteiger partial charge is 0.293 e. The van der Waals surface area contributed by atoms with Crippen molar-refractivity contribution in [3.63, 3.8) is 0 Å². The SMILES string of the molecule is Cc1ccnc2nc(C(=O)N3CCCC3C3CCCCC3)nn12. The summed E-state index contributed by atoms with van der Waals surface area (Å²) in [4.78, 5) is 23.5. The van der Waals surface area contributed by atoms with Crippen molar-refractivity contribution in [3.05, 3.63) is 23.8 Å². The van der Waals surface area contributed by atoms with Crippen LogP contribution in [0.15, 0.2) is 12.3 Å². The maximum Gasteiger partial charge on any atom is 0.293 e. The summed E-state index contributed by atoms with van der Waals surface area (Å²) in [6.45, 7) is 2.78. The molecule has 122 valence electrons. The zero-order valence-electron chi connectivity index (χ0n) is 13.6. The molecular formula is C17H23N5O. The second kappa shape index (κ2) is 5.91. The van der Waals surface area contributed by atoms with Gasteiger partial charge in [-0.1, -0.05) is 19.3 Å². The number of carbonyl (C=O) groups excluding carboxylic acids is 1. The number of aryl methyl sites for hydroxylation is 1. The highest BCUT2D eigenvalue weighted by molar-refractivity contribution is 5.91. The third-order valence-electron chi connectivity index (χ3n) is 5.38. The Labute approximate surface area is 135 Å². The number of hydrogen-bond donors (Lipinski definition) is 0. The Morgan fingerprint density at radius 3 is 2.78 bits per heavy atom. The van der Waals surface area contributed by atoms with Gasteiger partial charge >= 0.3 is 0 Å². The molecule has 6 heteroatoms. The van der Waals surface area contributed by atoms with Gasteiger partial charge in [0.2, 0.25) is 5.82 Å². The molecule has 0 radical (unpaired) electrons. The first kappa shape index (κ1) is 14.6. The normalized spacial score (nSPS) is 22.8. The van der Waals surface area contributed by atoms with Crippen molar-refractivity contribution < 1.29 is 4.79 Å². The number of rotatable bonds is 2. The van der Waals surface area contributed by atoms with Gasteiger partial charge in [-0.15, -0.1) is 5.10 Å². The highest BCUT2D eigenvalue weighted by Crippen LogP contribution is 2.34. The quantitative estimate of drug-likeness (QED) is 0.855. The Balaban J connectivity index is 1.60. The van der Waals surface area contributed by atoms with E-state index in [-0.39, 0.29) is 11.7 Å². The van der Waals surface area contributed by atoms with Crippen LogP contribution in [0.2, 0.25) is 0 Å². The maximum absolute atomic E-state index is 12.9. The lowest BCUT2D eigenvalue weighted by molar-refractivity contribution is 0.0649. The molecule has 1 saturated carbocycles. The van der Waals surface area contributed by atoms with E-state index in [0.717, 1.165) is 25.1 Å². The summed E-state index contributed by atoms with van der Waals surface area (Å²) in [5, 5.41) is 4.39. The van der Waals surface area contributed by atoms with E-state index in [2.05, 4.69) is 15.1 Å². The van der Waals surface area contributed by atoms with Gasteiger partial charge in [-0.2, -0.15) is 4.98 Å². The van der Waals surface area contributed by atoms with Crippen molar-refractivity contribution in [2.24, 2.45) is 5.92 Å². The van der Waals surface area contributed by atoms with Crippen LogP contribution < -0.4 is 0 Å². The van der Waals surface area contributed by atoms with Crippen molar-refractivity contribution in [2.45, 2.75) is 57.9 Å². The Kier molecular flexibility index (Phi) is 3.75. The maximum atomic E-state index is 12.9. The first-order chi connectivity index (χ1) is 11.2. The molecule has 2 aliphatic rings. The van der Waals surface area contributed by atoms with Crippen LogP contribution in [0, 0.1) is 12.8 Å². The van der Waals surface area contributed by atoms with Crippen molar-refractivity contribution in [1.29, 1.82) is 0 Å². The molecule has 0 aromatic carbocycles. The number of nitrogens with zero attached hydrogens (tertiary/aromatic N) is 5. The van der Waals surface area contributed by atoms with Crippen molar-refractivity contribution in [2.75, 3.05) is 6.54 Å². The van der Waals surface area contributed by atoms with Crippen molar-refractivity contribution >= 4 is 11.7 Å². The van der Waals surface area contributed by atoms with Gasteiger partial charge in [-0.25, -0.2) is 9.50 Å². The summed E-state index contributed by atoms with van der Waals surface area (Å²) in [6.07, 6.45) is 10.4. The van der Waals surface area contributed by atoms with Crippen LogP contribution in [-0.4, -0.2) is 43.0 Å². The summed E-state index contributed by atoms with van der Waals surface area (Å²) < 4.78 is 1.65. The van der Waals surface area contributed by atoms with Crippen LogP contribution >= 0.6 is 0 Å². The number of hydrogen-bond acceptors (Lipinski definition) is 4. The standard InChI is InChI=1S/C17H23N5O/c1-12-9-10-18-17-19-15(20-22(12)17)16(23)21-11-5-8-14(21)13-6-3-2-4-7-13/h9-10,13-14H,2-8,11H2,1H3. The van der Waals surface area contributed by atoms with Gasteiger partial charge in [0.05, 0.1) is 0 Å². The molecule has 1 aliphatic heterocycles. The fourth-order valence-corrected chi connectivity index (χ4v) is 4.18. The zero-order chi connectivity index (χ0) is 15.8. The first-order valence-electron chi connectivity index (χ1n) is 8.73. The molecule has 2 aromatic heterocycles. The third-order valence-corrected chi connectivity index (χ3v) is 5.38. The molecule has 1 atom stereocenters. The second-order valence-electron chi connectivity index (χ2n) is 6.84. The van der Waals surface area contributed by atoms with Gasteiger partial charge in [-0.05, 0) is 44.6 Å². The van der Waals surface area contributed by atoms with E-state index in [1.807, 2.05) is 17.9 Å². The van der Waals surface area contributed by atoms with E-state index < -0.39 is 0 Å². The monoisotopic (exact) mass is 313 g/mol. The molecule has 1 unspecified atom stereocenters. The van der Waals surface area contributed by atoms with Crippen molar-refractivity contribution in [3.8, 4) is 0 Å². The third kappa shape index (κ3) is 2.60. The molecule has 0 spiro atoms. The molecule has 0 bridgehead atoms. The van der Waals surface area contributed by atoms with Gasteiger partial charge in [0.25, 0.3) is 11.7 Å². The minimum atomic E-state index is -0.0250. The Morgan fingerprint density at radius 1 is 1.17 bits per heavy atom. The topological polar surface area (TPSA) is 63.4 Å². The summed E-state index contributed by atoms with van der Waals surface area (Å²) in [5.74, 6) is 1.42. The molecule has 1 amide bonds. The Hall–Kier alpha value is -1.98. The van der Waals surface area contributed by atoms with Gasteiger partial charge in [0.1, 0.15) is 0 Å². The van der Waals surface area contributed by atoms with E-state index in [4.69, 9.17) is 0 Å². The highest BCUT2D eigenvalue weighted by atomic mass is 16.2. The fourth-order valence-electron chi connectivity index (χ4n) is 4.18. The number of amides is 1. The van der Waals surface area contributed by atoms with E-state index >= 15 is 0 Å². The molecule has 3 heterocycles. The Morgan fingerprint density at radius 2 is 2.00 bits per heavy atom. The van der Waals surface area contributed by atoms with Crippen LogP contribution in [0.5, 0.6) is 0 Å². The average Bonchev–Trinajstić information content (AvgIpc) is 3.23. The molecule has 2 aromatic rings. The molecule has 6 nitrogen and oxygen atoms in total. The molecule has 23 heavy (non-hydrogen) atoms. The van der Waals surface area contributed by atoms with E-state index in [1.165, 1.54) is 32.1 Å². The molecule has 1 saturated heterocycles. The lowest BCUT2D eigenvalue weighted by Crippen LogP contribution is -2.41. The van der Waals surface area contributed by atoms with Gasteiger partial charge in [0, 0.05) is 24.5 Å². The largest absolute Gasteiger partial charge is 0.333 e. The predicted molar refractivity (Wildman–Crippen MR) is 86.2 cm³/mol. The fraction of sp³-hybridized carbons (Fsp3) is 0.647. The second-order valence-corrected chi connectivity index (χ2v) is 6.84. The molecule has 2 fully saturated rings. The molecule has 0 N–H and O–H groups in total. The van der Waals surface area contributed by atoms with Crippen LogP contribution in [0.4, 0.5) is 0 Å². The van der Waals surface area contributed by atoms with Crippen LogP contribution in [0.1, 0.15) is 61.3 Å². The molecule has 1 aliphatic carbocycles. The zero-order valence-corrected chi connectivity index (χ0v) is 13.6. The number of likely N-dealkylation sites (tertiary alicyclic amines) is 1. The number of aromatic nitrogens is 4. The predicted octanol–water partition coefficient (Wildman–Crippen LogP) is 2.62. The first-order valence-corrected chi connectivity index (χ1v) is 8.73. The number of carbonyl (C=O) groups is 1. The summed E-state index contributed by atoms with van der Waals surface area (Å²) in [5.41, 5.74) is 0.937. The van der Waals surface area contributed by atoms with Crippen LogP contribution in [0.25, 0.3) is 5.78 Å². The minimum Gasteiger partial charge on any atom is -0.333 e. The van der Waals surface area contributed by atoms with Gasteiger partial charge in [-0.3, -0.25) is 4.79 Å². The average molecular weight is 313 g/mol. The van der Waals surface area contributed by atoms with Crippen LogP contribution in [-0.2, 0) is 0 Å². The lowest BCUT2D eigenvalue weighted by atomic mass is 9.83.